The Balaban J connectivity index is 1.83. The molecule has 0 unspecified atom stereocenters. The molecule has 1 aromatic carbocycles. The van der Waals surface area contributed by atoms with Gasteiger partial charge in [-0.3, -0.25) is 0 Å². The number of ether oxygens (including phenoxy) is 5. The highest BCUT2D eigenvalue weighted by atomic mass is 16.8. The lowest BCUT2D eigenvalue weighted by molar-refractivity contribution is -0.219. The van der Waals surface area contributed by atoms with Gasteiger partial charge in [0.25, 0.3) is 0 Å². The summed E-state index contributed by atoms with van der Waals surface area (Å²) in [5, 5.41) is 9.30. The minimum atomic E-state index is -0.669. The van der Waals surface area contributed by atoms with Gasteiger partial charge in [0, 0.05) is 19.6 Å². The highest BCUT2D eigenvalue weighted by Gasteiger charge is 2.56. The van der Waals surface area contributed by atoms with Crippen LogP contribution in [0.2, 0.25) is 0 Å². The minimum absolute atomic E-state index is 0.0731. The van der Waals surface area contributed by atoms with Crippen LogP contribution in [0.25, 0.3) is 0 Å². The van der Waals surface area contributed by atoms with Gasteiger partial charge in [0.1, 0.15) is 18.0 Å². The number of aliphatic hydroxyl groups is 1. The van der Waals surface area contributed by atoms with Gasteiger partial charge in [0.15, 0.2) is 12.1 Å². The van der Waals surface area contributed by atoms with Gasteiger partial charge in [-0.1, -0.05) is 12.1 Å². The molecule has 25 heavy (non-hydrogen) atoms. The van der Waals surface area contributed by atoms with Crippen LogP contribution in [0.15, 0.2) is 24.3 Å². The molecule has 0 aromatic heterocycles. The second kappa shape index (κ2) is 7.60. The largest absolute Gasteiger partial charge is 0.497 e. The molecule has 2 saturated heterocycles. The number of benzene rings is 1. The maximum Gasteiger partial charge on any atom is 0.190 e. The molecule has 6 nitrogen and oxygen atoms in total. The summed E-state index contributed by atoms with van der Waals surface area (Å²) >= 11 is 0. The van der Waals surface area contributed by atoms with E-state index in [9.17, 15) is 5.11 Å². The molecule has 2 fully saturated rings. The number of aliphatic hydroxyl groups excluding tert-OH is 1. The number of hydrogen-bond donors (Lipinski definition) is 1. The average molecular weight is 352 g/mol. The van der Waals surface area contributed by atoms with E-state index in [0.717, 1.165) is 17.7 Å². The number of methoxy groups -OCH3 is 2. The topological polar surface area (TPSA) is 66.4 Å². The molecule has 140 valence electrons. The maximum atomic E-state index is 9.30. The zero-order valence-corrected chi connectivity index (χ0v) is 15.3. The van der Waals surface area contributed by atoms with Crippen molar-refractivity contribution in [2.45, 2.75) is 63.0 Å². The monoisotopic (exact) mass is 352 g/mol. The van der Waals surface area contributed by atoms with Gasteiger partial charge in [-0.25, -0.2) is 0 Å². The lowest BCUT2D eigenvalue weighted by Crippen LogP contribution is -2.39. The predicted molar refractivity (Wildman–Crippen MR) is 91.5 cm³/mol. The van der Waals surface area contributed by atoms with E-state index < -0.39 is 12.1 Å². The molecule has 6 heteroatoms. The van der Waals surface area contributed by atoms with Crippen LogP contribution in [-0.2, 0) is 18.9 Å². The van der Waals surface area contributed by atoms with Gasteiger partial charge < -0.3 is 28.8 Å². The van der Waals surface area contributed by atoms with E-state index in [1.54, 1.807) is 14.2 Å². The molecule has 1 aromatic rings. The molecule has 5 atom stereocenters. The van der Waals surface area contributed by atoms with Crippen molar-refractivity contribution in [2.24, 2.45) is 0 Å². The van der Waals surface area contributed by atoms with Crippen LogP contribution in [0.5, 0.6) is 5.75 Å². The third kappa shape index (κ3) is 3.83. The second-order valence-electron chi connectivity index (χ2n) is 7.02. The summed E-state index contributed by atoms with van der Waals surface area (Å²) in [6, 6.07) is 7.96. The fourth-order valence-corrected chi connectivity index (χ4v) is 3.78. The molecule has 2 aliphatic heterocycles. The SMILES string of the molecule is COc1ccc([C@@H](CCCO)[C@H]2O[C@@H]3OC(C)(C)O[C@@H]3[C@H]2OC)cc1. The third-order valence-corrected chi connectivity index (χ3v) is 4.91. The van der Waals surface area contributed by atoms with Crippen LogP contribution in [0.1, 0.15) is 38.2 Å². The molecule has 2 aliphatic rings. The summed E-state index contributed by atoms with van der Waals surface area (Å²) in [6.07, 6.45) is 0.374. The molecule has 3 rings (SSSR count). The molecule has 0 amide bonds. The van der Waals surface area contributed by atoms with E-state index in [2.05, 4.69) is 0 Å². The fourth-order valence-electron chi connectivity index (χ4n) is 3.78. The van der Waals surface area contributed by atoms with E-state index in [4.69, 9.17) is 23.7 Å². The molecule has 0 bridgehead atoms. The zero-order chi connectivity index (χ0) is 18.0. The van der Waals surface area contributed by atoms with Crippen LogP contribution in [0.4, 0.5) is 0 Å². The van der Waals surface area contributed by atoms with E-state index in [-0.39, 0.29) is 30.8 Å². The lowest BCUT2D eigenvalue weighted by atomic mass is 9.86. The molecule has 0 aliphatic carbocycles. The maximum absolute atomic E-state index is 9.30. The summed E-state index contributed by atoms with van der Waals surface area (Å²) in [6.45, 7) is 3.90. The normalized spacial score (nSPS) is 31.7. The Hall–Kier alpha value is -1.18. The van der Waals surface area contributed by atoms with Gasteiger partial charge in [0.2, 0.25) is 0 Å². The Kier molecular flexibility index (Phi) is 5.65. The Morgan fingerprint density at radius 2 is 1.88 bits per heavy atom. The Morgan fingerprint density at radius 1 is 1.16 bits per heavy atom. The second-order valence-corrected chi connectivity index (χ2v) is 7.02. The van der Waals surface area contributed by atoms with Crippen molar-refractivity contribution in [3.05, 3.63) is 29.8 Å². The predicted octanol–water partition coefficient (Wildman–Crippen LogP) is 2.44. The van der Waals surface area contributed by atoms with Gasteiger partial charge in [0.05, 0.1) is 13.2 Å². The highest BCUT2D eigenvalue weighted by Crippen LogP contribution is 2.44. The van der Waals surface area contributed by atoms with Crippen molar-refractivity contribution in [1.82, 2.24) is 0 Å². The fraction of sp³-hybridized carbons (Fsp3) is 0.684. The third-order valence-electron chi connectivity index (χ3n) is 4.91. The number of rotatable bonds is 7. The first-order valence-corrected chi connectivity index (χ1v) is 8.78. The van der Waals surface area contributed by atoms with Crippen LogP contribution in [0.3, 0.4) is 0 Å². The van der Waals surface area contributed by atoms with Crippen molar-refractivity contribution in [1.29, 1.82) is 0 Å². The number of fused-ring (bicyclic) bond motifs is 1. The Bertz CT molecular complexity index is 558. The van der Waals surface area contributed by atoms with Crippen molar-refractivity contribution in [3.63, 3.8) is 0 Å². The minimum Gasteiger partial charge on any atom is -0.497 e. The summed E-state index contributed by atoms with van der Waals surface area (Å²) in [5.41, 5.74) is 1.13. The van der Waals surface area contributed by atoms with E-state index in [0.29, 0.717) is 6.42 Å². The highest BCUT2D eigenvalue weighted by molar-refractivity contribution is 5.30. The van der Waals surface area contributed by atoms with Crippen LogP contribution >= 0.6 is 0 Å². The molecular formula is C19H28O6. The Morgan fingerprint density at radius 3 is 2.48 bits per heavy atom. The molecule has 0 spiro atoms. The van der Waals surface area contributed by atoms with Crippen molar-refractivity contribution >= 4 is 0 Å². The van der Waals surface area contributed by atoms with Crippen LogP contribution in [0, 0.1) is 0 Å². The molecule has 1 N–H and O–H groups in total. The zero-order valence-electron chi connectivity index (χ0n) is 15.3. The first-order chi connectivity index (χ1) is 12.0. The Labute approximate surface area is 149 Å². The van der Waals surface area contributed by atoms with E-state index in [1.165, 1.54) is 0 Å². The van der Waals surface area contributed by atoms with Gasteiger partial charge >= 0.3 is 0 Å². The standard InChI is InChI=1S/C19H28O6/c1-19(2)24-17-16(22-4)15(23-18(17)25-19)14(6-5-11-20)12-7-9-13(21-3)10-8-12/h7-10,14-18,20H,5-6,11H2,1-4H3/t14-,15-,16+,17-,18-/m1/s1. The smallest absolute Gasteiger partial charge is 0.190 e. The lowest BCUT2D eigenvalue weighted by Gasteiger charge is -2.30. The summed E-state index contributed by atoms with van der Waals surface area (Å²) in [7, 11) is 3.33. The molecular weight excluding hydrogens is 324 g/mol. The summed E-state index contributed by atoms with van der Waals surface area (Å²) in [4.78, 5) is 0. The van der Waals surface area contributed by atoms with Crippen molar-refractivity contribution in [3.8, 4) is 5.75 Å². The summed E-state index contributed by atoms with van der Waals surface area (Å²) in [5.74, 6) is 0.215. The van der Waals surface area contributed by atoms with E-state index >= 15 is 0 Å². The van der Waals surface area contributed by atoms with Crippen molar-refractivity contribution < 1.29 is 28.8 Å². The van der Waals surface area contributed by atoms with E-state index in [1.807, 2.05) is 38.1 Å². The first kappa shape index (κ1) is 18.6. The average Bonchev–Trinajstić information content (AvgIpc) is 3.07. The molecule has 0 radical (unpaired) electrons. The van der Waals surface area contributed by atoms with Gasteiger partial charge in [-0.05, 0) is 44.4 Å². The van der Waals surface area contributed by atoms with Crippen LogP contribution < -0.4 is 4.74 Å². The van der Waals surface area contributed by atoms with Gasteiger partial charge in [-0.15, -0.1) is 0 Å². The van der Waals surface area contributed by atoms with Gasteiger partial charge in [-0.2, -0.15) is 0 Å². The molecule has 0 saturated carbocycles. The quantitative estimate of drug-likeness (QED) is 0.813. The summed E-state index contributed by atoms with van der Waals surface area (Å²) < 4.78 is 29.1. The van der Waals surface area contributed by atoms with Crippen molar-refractivity contribution in [2.75, 3.05) is 20.8 Å². The number of hydrogen-bond acceptors (Lipinski definition) is 6. The van der Waals surface area contributed by atoms with Crippen LogP contribution in [-0.4, -0.2) is 56.3 Å². The molecule has 2 heterocycles. The first-order valence-electron chi connectivity index (χ1n) is 8.78.